The fourth-order valence-electron chi connectivity index (χ4n) is 5.14. The Hall–Kier alpha value is -4.19. The van der Waals surface area contributed by atoms with E-state index in [1.807, 2.05) is 37.2 Å². The number of anilines is 2. The smallest absolute Gasteiger partial charge is 0.335 e. The summed E-state index contributed by atoms with van der Waals surface area (Å²) in [6.45, 7) is 8.73. The molecule has 6 nitrogen and oxygen atoms in total. The van der Waals surface area contributed by atoms with Crippen LogP contribution in [0.4, 0.5) is 11.4 Å². The van der Waals surface area contributed by atoms with Gasteiger partial charge in [-0.25, -0.2) is 4.79 Å². The van der Waals surface area contributed by atoms with Crippen LogP contribution in [0.15, 0.2) is 66.7 Å². The Morgan fingerprint density at radius 3 is 2.00 bits per heavy atom. The van der Waals surface area contributed by atoms with Gasteiger partial charge < -0.3 is 15.3 Å². The Labute approximate surface area is 230 Å². The number of benzene rings is 3. The van der Waals surface area contributed by atoms with Crippen molar-refractivity contribution in [2.75, 3.05) is 24.3 Å². The van der Waals surface area contributed by atoms with Crippen LogP contribution in [0.25, 0.3) is 6.08 Å². The summed E-state index contributed by atoms with van der Waals surface area (Å²) < 4.78 is 0. The molecule has 39 heavy (non-hydrogen) atoms. The van der Waals surface area contributed by atoms with E-state index in [4.69, 9.17) is 5.11 Å². The van der Waals surface area contributed by atoms with Crippen LogP contribution >= 0.6 is 0 Å². The summed E-state index contributed by atoms with van der Waals surface area (Å²) in [5.41, 5.74) is 5.43. The molecule has 3 aromatic rings. The zero-order valence-electron chi connectivity index (χ0n) is 23.5. The predicted octanol–water partition coefficient (Wildman–Crippen LogP) is 6.95. The summed E-state index contributed by atoms with van der Waals surface area (Å²) in [6, 6.07) is 17.5. The van der Waals surface area contributed by atoms with E-state index < -0.39 is 5.97 Å². The van der Waals surface area contributed by atoms with Gasteiger partial charge in [0.25, 0.3) is 5.91 Å². The average molecular weight is 525 g/mol. The Balaban J connectivity index is 1.72. The molecular formula is C33H36N2O4. The number of ketones is 1. The van der Waals surface area contributed by atoms with Crippen molar-refractivity contribution < 1.29 is 19.5 Å². The zero-order valence-corrected chi connectivity index (χ0v) is 23.5. The number of carboxylic acid groups (broad SMARTS) is 1. The highest BCUT2D eigenvalue weighted by Gasteiger charge is 2.39. The number of carbonyl (C=O) groups is 3. The number of nitrogens with one attached hydrogen (secondary N) is 1. The average Bonchev–Trinajstić information content (AvgIpc) is 2.89. The Bertz CT molecular complexity index is 1450. The minimum atomic E-state index is -0.996. The highest BCUT2D eigenvalue weighted by molar-refractivity contribution is 6.10. The molecule has 0 spiro atoms. The number of amides is 1. The first kappa shape index (κ1) is 27.8. The number of aromatic carboxylic acids is 1. The molecule has 1 aliphatic carbocycles. The second kappa shape index (κ2) is 10.5. The van der Waals surface area contributed by atoms with Crippen LogP contribution < -0.4 is 10.2 Å². The summed E-state index contributed by atoms with van der Waals surface area (Å²) in [4.78, 5) is 39.8. The van der Waals surface area contributed by atoms with Gasteiger partial charge in [0.05, 0.1) is 5.56 Å². The normalized spacial score (nSPS) is 15.4. The molecule has 1 amide bonds. The maximum atomic E-state index is 13.4. The predicted molar refractivity (Wildman–Crippen MR) is 157 cm³/mol. The summed E-state index contributed by atoms with van der Waals surface area (Å²) in [5.74, 6) is -1.41. The number of carbonyl (C=O) groups excluding carboxylic acids is 2. The van der Waals surface area contributed by atoms with Crippen LogP contribution in [0, 0.1) is 0 Å². The van der Waals surface area contributed by atoms with Crippen molar-refractivity contribution in [1.29, 1.82) is 0 Å². The third-order valence-corrected chi connectivity index (χ3v) is 7.68. The first-order chi connectivity index (χ1) is 18.3. The van der Waals surface area contributed by atoms with Crippen molar-refractivity contribution in [2.24, 2.45) is 0 Å². The molecule has 0 saturated carbocycles. The largest absolute Gasteiger partial charge is 0.478 e. The first-order valence-electron chi connectivity index (χ1n) is 13.1. The number of hydrogen-bond donors (Lipinski definition) is 2. The van der Waals surface area contributed by atoms with Gasteiger partial charge in [-0.05, 0) is 95.0 Å². The first-order valence-corrected chi connectivity index (χ1v) is 13.1. The van der Waals surface area contributed by atoms with Gasteiger partial charge in [-0.3, -0.25) is 9.59 Å². The maximum Gasteiger partial charge on any atom is 0.335 e. The van der Waals surface area contributed by atoms with Crippen LogP contribution in [-0.2, 0) is 10.8 Å². The second-order valence-electron chi connectivity index (χ2n) is 11.7. The molecule has 0 radical (unpaired) electrons. The molecule has 3 aromatic carbocycles. The highest BCUT2D eigenvalue weighted by Crippen LogP contribution is 2.49. The molecule has 0 heterocycles. The summed E-state index contributed by atoms with van der Waals surface area (Å²) in [6.07, 6.45) is 5.10. The van der Waals surface area contributed by atoms with E-state index in [1.54, 1.807) is 36.4 Å². The molecule has 0 aromatic heterocycles. The highest BCUT2D eigenvalue weighted by atomic mass is 16.4. The molecular weight excluding hydrogens is 488 g/mol. The monoisotopic (exact) mass is 524 g/mol. The van der Waals surface area contributed by atoms with Gasteiger partial charge in [0, 0.05) is 36.6 Å². The van der Waals surface area contributed by atoms with Crippen LogP contribution in [0.2, 0.25) is 0 Å². The zero-order chi connectivity index (χ0) is 28.5. The van der Waals surface area contributed by atoms with Gasteiger partial charge in [0.1, 0.15) is 0 Å². The second-order valence-corrected chi connectivity index (χ2v) is 11.7. The summed E-state index contributed by atoms with van der Waals surface area (Å²) in [7, 11) is 3.90. The topological polar surface area (TPSA) is 86.7 Å². The van der Waals surface area contributed by atoms with Gasteiger partial charge in [0.2, 0.25) is 0 Å². The lowest BCUT2D eigenvalue weighted by Crippen LogP contribution is -2.35. The van der Waals surface area contributed by atoms with Crippen molar-refractivity contribution in [3.63, 3.8) is 0 Å². The Morgan fingerprint density at radius 1 is 0.821 bits per heavy atom. The van der Waals surface area contributed by atoms with E-state index in [2.05, 4.69) is 33.0 Å². The minimum absolute atomic E-state index is 0.162. The van der Waals surface area contributed by atoms with Gasteiger partial charge in [-0.2, -0.15) is 0 Å². The molecule has 0 fully saturated rings. The fourth-order valence-corrected chi connectivity index (χ4v) is 5.14. The third kappa shape index (κ3) is 5.95. The number of carboxylic acids is 1. The van der Waals surface area contributed by atoms with Crippen LogP contribution in [0.3, 0.4) is 0 Å². The molecule has 0 unspecified atom stereocenters. The van der Waals surface area contributed by atoms with Crippen molar-refractivity contribution >= 4 is 35.1 Å². The lowest BCUT2D eigenvalue weighted by Gasteiger charge is -2.43. The quantitative estimate of drug-likeness (QED) is 0.258. The molecule has 2 N–H and O–H groups in total. The van der Waals surface area contributed by atoms with Crippen molar-refractivity contribution in [1.82, 2.24) is 0 Å². The Morgan fingerprint density at radius 2 is 1.41 bits per heavy atom. The molecule has 1 aliphatic rings. The number of hydrogen-bond acceptors (Lipinski definition) is 4. The van der Waals surface area contributed by atoms with Gasteiger partial charge in [-0.1, -0.05) is 45.9 Å². The molecule has 202 valence electrons. The van der Waals surface area contributed by atoms with Crippen molar-refractivity contribution in [3.8, 4) is 0 Å². The maximum absolute atomic E-state index is 13.4. The van der Waals surface area contributed by atoms with E-state index >= 15 is 0 Å². The molecule has 0 atom stereocenters. The van der Waals surface area contributed by atoms with Crippen molar-refractivity contribution in [3.05, 3.63) is 100 Å². The lowest BCUT2D eigenvalue weighted by molar-refractivity contribution is 0.0696. The number of rotatable bonds is 7. The fraction of sp³-hybridized carbons (Fsp3) is 0.303. The number of nitrogens with zero attached hydrogens (tertiary/aromatic N) is 1. The Kier molecular flexibility index (Phi) is 7.51. The summed E-state index contributed by atoms with van der Waals surface area (Å²) >= 11 is 0. The SMILES string of the molecule is CN(C)c1ccc(C(=O)Nc2cc(C(=O)C=Cc3ccc(C(=O)O)cc3)cc3c2C(C)(C)CCC3(C)C)cc1. The molecule has 6 heteroatoms. The molecule has 0 aliphatic heterocycles. The van der Waals surface area contributed by atoms with E-state index in [0.29, 0.717) is 16.8 Å². The molecule has 0 bridgehead atoms. The minimum Gasteiger partial charge on any atom is -0.478 e. The number of fused-ring (bicyclic) bond motifs is 1. The standard InChI is InChI=1S/C33H36N2O4/c1-32(2)17-18-33(3,4)29-26(32)19-24(28(36)16-9-21-7-10-23(11-8-21)31(38)39)20-27(29)34-30(37)22-12-14-25(15-13-22)35(5)6/h7-16,19-20H,17-18H2,1-6H3,(H,34,37)(H,38,39). The van der Waals surface area contributed by atoms with Gasteiger partial charge in [-0.15, -0.1) is 0 Å². The molecule has 0 saturated heterocycles. The van der Waals surface area contributed by atoms with Gasteiger partial charge in [0.15, 0.2) is 5.78 Å². The van der Waals surface area contributed by atoms with Crippen molar-refractivity contribution in [2.45, 2.75) is 51.4 Å². The van der Waals surface area contributed by atoms with E-state index in [0.717, 1.165) is 35.2 Å². The van der Waals surface area contributed by atoms with E-state index in [1.165, 1.54) is 18.2 Å². The third-order valence-electron chi connectivity index (χ3n) is 7.68. The van der Waals surface area contributed by atoms with E-state index in [9.17, 15) is 14.4 Å². The summed E-state index contributed by atoms with van der Waals surface area (Å²) in [5, 5.41) is 12.2. The van der Waals surface area contributed by atoms with Crippen LogP contribution in [0.1, 0.15) is 88.3 Å². The van der Waals surface area contributed by atoms with E-state index in [-0.39, 0.29) is 28.1 Å². The lowest BCUT2D eigenvalue weighted by atomic mass is 9.62. The number of allylic oxidation sites excluding steroid dienone is 1. The molecule has 4 rings (SSSR count). The van der Waals surface area contributed by atoms with Crippen LogP contribution in [-0.4, -0.2) is 36.9 Å². The van der Waals surface area contributed by atoms with Crippen LogP contribution in [0.5, 0.6) is 0 Å². The van der Waals surface area contributed by atoms with Gasteiger partial charge >= 0.3 is 5.97 Å².